The number of nitrogens with zero attached hydrogens (tertiary/aromatic N) is 3. The molecule has 0 aliphatic carbocycles. The van der Waals surface area contributed by atoms with Crippen molar-refractivity contribution in [2.75, 3.05) is 13.1 Å². The van der Waals surface area contributed by atoms with Gasteiger partial charge < -0.3 is 14.8 Å². The van der Waals surface area contributed by atoms with Gasteiger partial charge in [0, 0.05) is 29.1 Å². The lowest BCUT2D eigenvalue weighted by Crippen LogP contribution is -2.43. The minimum Gasteiger partial charge on any atom is -0.530 e. The Labute approximate surface area is 170 Å². The summed E-state index contributed by atoms with van der Waals surface area (Å²) in [7, 11) is -3.90. The molecule has 144 valence electrons. The highest BCUT2D eigenvalue weighted by Crippen LogP contribution is 2.34. The normalized spacial score (nSPS) is 14.9. The summed E-state index contributed by atoms with van der Waals surface area (Å²) in [6.07, 6.45) is 2.41. The molecule has 1 aliphatic rings. The molecule has 2 aromatic heterocycles. The van der Waals surface area contributed by atoms with Crippen LogP contribution >= 0.6 is 15.9 Å². The fourth-order valence-electron chi connectivity index (χ4n) is 3.28. The predicted molar refractivity (Wildman–Crippen MR) is 106 cm³/mol. The van der Waals surface area contributed by atoms with Gasteiger partial charge in [-0.25, -0.2) is 17.4 Å². The number of amides is 1. The molecule has 0 fully saturated rings. The Morgan fingerprint density at radius 1 is 1.18 bits per heavy atom. The van der Waals surface area contributed by atoms with Crippen LogP contribution in [0.4, 0.5) is 4.79 Å². The first-order chi connectivity index (χ1) is 13.4. The Balaban J connectivity index is 1.94. The molecular weight excluding hydrogens is 446 g/mol. The summed E-state index contributed by atoms with van der Waals surface area (Å²) in [6, 6.07) is 11.7. The average Bonchev–Trinajstić information content (AvgIpc) is 3.10. The van der Waals surface area contributed by atoms with Crippen molar-refractivity contribution in [3.63, 3.8) is 0 Å². The third-order valence-electron chi connectivity index (χ3n) is 4.69. The van der Waals surface area contributed by atoms with Crippen LogP contribution in [0.2, 0.25) is 0 Å². The number of hydrogen-bond acceptors (Lipinski definition) is 5. The molecule has 0 saturated carbocycles. The van der Waals surface area contributed by atoms with Crippen LogP contribution in [0.1, 0.15) is 12.1 Å². The van der Waals surface area contributed by atoms with Gasteiger partial charge in [-0.05, 0) is 52.2 Å². The zero-order chi connectivity index (χ0) is 19.9. The Kier molecular flexibility index (Phi) is 4.72. The fraction of sp³-hybridized carbons (Fsp3) is 0.158. The first-order valence-corrected chi connectivity index (χ1v) is 10.7. The van der Waals surface area contributed by atoms with Gasteiger partial charge in [-0.15, -0.1) is 0 Å². The Morgan fingerprint density at radius 2 is 1.93 bits per heavy atom. The topological polar surface area (TPSA) is 95.3 Å². The van der Waals surface area contributed by atoms with Crippen molar-refractivity contribution in [2.45, 2.75) is 11.3 Å². The van der Waals surface area contributed by atoms with Gasteiger partial charge in [-0.2, -0.15) is 0 Å². The standard InChI is InChI=1S/C19H16BrN3O4S/c20-16-6-9-21-18-15(16)12-17(13-7-10-22(11-8-13)19(24)25)23(18)28(26,27)14-4-2-1-3-5-14/h1-7,9,12H,8,10-11H2,(H,24,25)/p-1. The maximum atomic E-state index is 13.4. The van der Waals surface area contributed by atoms with Crippen LogP contribution in [-0.2, 0) is 10.0 Å². The second kappa shape index (κ2) is 7.06. The molecule has 1 aliphatic heterocycles. The van der Waals surface area contributed by atoms with Gasteiger partial charge in [0.1, 0.15) is 6.09 Å². The van der Waals surface area contributed by atoms with Crippen LogP contribution in [0.5, 0.6) is 0 Å². The van der Waals surface area contributed by atoms with E-state index < -0.39 is 16.1 Å². The molecule has 0 atom stereocenters. The molecule has 7 nitrogen and oxygen atoms in total. The summed E-state index contributed by atoms with van der Waals surface area (Å²) >= 11 is 3.46. The van der Waals surface area contributed by atoms with E-state index in [-0.39, 0.29) is 18.0 Å². The highest BCUT2D eigenvalue weighted by atomic mass is 79.9. The maximum Gasteiger partial charge on any atom is 0.269 e. The van der Waals surface area contributed by atoms with E-state index in [1.165, 1.54) is 21.0 Å². The van der Waals surface area contributed by atoms with Crippen molar-refractivity contribution in [1.29, 1.82) is 0 Å². The van der Waals surface area contributed by atoms with Crippen molar-refractivity contribution in [3.05, 3.63) is 64.9 Å². The first kappa shape index (κ1) is 18.7. The molecule has 3 heterocycles. The summed E-state index contributed by atoms with van der Waals surface area (Å²) in [5.74, 6) is 0. The number of pyridine rings is 1. The largest absolute Gasteiger partial charge is 0.530 e. The number of carboxylic acid groups (broad SMARTS) is 1. The molecule has 1 amide bonds. The molecule has 28 heavy (non-hydrogen) atoms. The summed E-state index contributed by atoms with van der Waals surface area (Å²) in [6.45, 7) is 0.398. The Hall–Kier alpha value is -2.65. The number of carbonyl (C=O) groups is 1. The van der Waals surface area contributed by atoms with E-state index in [4.69, 9.17) is 0 Å². The second-order valence-electron chi connectivity index (χ2n) is 6.33. The molecule has 0 bridgehead atoms. The van der Waals surface area contributed by atoms with Crippen molar-refractivity contribution in [1.82, 2.24) is 13.9 Å². The van der Waals surface area contributed by atoms with Gasteiger partial charge in [0.05, 0.1) is 10.6 Å². The second-order valence-corrected chi connectivity index (χ2v) is 8.97. The van der Waals surface area contributed by atoms with Crippen LogP contribution in [0, 0.1) is 0 Å². The van der Waals surface area contributed by atoms with Crippen molar-refractivity contribution >= 4 is 48.7 Å². The van der Waals surface area contributed by atoms with Crippen LogP contribution in [0.3, 0.4) is 0 Å². The lowest BCUT2D eigenvalue weighted by Gasteiger charge is -2.28. The lowest BCUT2D eigenvalue weighted by molar-refractivity contribution is -0.265. The zero-order valence-corrected chi connectivity index (χ0v) is 17.0. The van der Waals surface area contributed by atoms with Gasteiger partial charge >= 0.3 is 0 Å². The summed E-state index contributed by atoms with van der Waals surface area (Å²) in [5, 5.41) is 11.7. The third-order valence-corrected chi connectivity index (χ3v) is 7.10. The van der Waals surface area contributed by atoms with E-state index in [1.807, 2.05) is 0 Å². The summed E-state index contributed by atoms with van der Waals surface area (Å²) in [4.78, 5) is 16.7. The van der Waals surface area contributed by atoms with Crippen molar-refractivity contribution < 1.29 is 18.3 Å². The van der Waals surface area contributed by atoms with Gasteiger partial charge in [0.2, 0.25) is 0 Å². The van der Waals surface area contributed by atoms with Crippen LogP contribution in [0.15, 0.2) is 64.1 Å². The van der Waals surface area contributed by atoms with E-state index in [1.54, 1.807) is 42.6 Å². The van der Waals surface area contributed by atoms with Crippen molar-refractivity contribution in [2.24, 2.45) is 0 Å². The summed E-state index contributed by atoms with van der Waals surface area (Å²) in [5.41, 5.74) is 1.55. The monoisotopic (exact) mass is 460 g/mol. The van der Waals surface area contributed by atoms with E-state index in [9.17, 15) is 18.3 Å². The SMILES string of the molecule is O=C([O-])N1CC=C(c2cc3c(Br)ccnc3n2S(=O)(=O)c2ccccc2)CC1. The Bertz CT molecular complexity index is 1200. The van der Waals surface area contributed by atoms with Crippen molar-refractivity contribution in [3.8, 4) is 0 Å². The molecule has 1 aromatic carbocycles. The van der Waals surface area contributed by atoms with Crippen LogP contribution in [0.25, 0.3) is 16.6 Å². The number of halogens is 1. The smallest absolute Gasteiger partial charge is 0.269 e. The number of benzene rings is 1. The highest BCUT2D eigenvalue weighted by molar-refractivity contribution is 9.10. The molecule has 0 unspecified atom stereocenters. The minimum absolute atomic E-state index is 0.152. The first-order valence-electron chi connectivity index (χ1n) is 8.51. The van der Waals surface area contributed by atoms with Crippen LogP contribution in [-0.4, -0.2) is 41.5 Å². The predicted octanol–water partition coefficient (Wildman–Crippen LogP) is 2.47. The van der Waals surface area contributed by atoms with Gasteiger partial charge in [0.25, 0.3) is 10.0 Å². The quantitative estimate of drug-likeness (QED) is 0.597. The molecular formula is C19H15BrN3O4S-. The zero-order valence-electron chi connectivity index (χ0n) is 14.6. The van der Waals surface area contributed by atoms with Gasteiger partial charge in [-0.3, -0.25) is 0 Å². The number of rotatable bonds is 3. The Morgan fingerprint density at radius 3 is 2.57 bits per heavy atom. The molecule has 0 radical (unpaired) electrons. The minimum atomic E-state index is -3.90. The molecule has 0 saturated heterocycles. The molecule has 0 N–H and O–H groups in total. The highest BCUT2D eigenvalue weighted by Gasteiger charge is 2.27. The maximum absolute atomic E-state index is 13.4. The fourth-order valence-corrected chi connectivity index (χ4v) is 5.20. The van der Waals surface area contributed by atoms with E-state index in [0.717, 1.165) is 10.0 Å². The number of carbonyl (C=O) groups excluding carboxylic acids is 1. The van der Waals surface area contributed by atoms with Gasteiger partial charge in [0.15, 0.2) is 5.65 Å². The van der Waals surface area contributed by atoms with E-state index in [2.05, 4.69) is 20.9 Å². The third kappa shape index (κ3) is 3.10. The van der Waals surface area contributed by atoms with E-state index in [0.29, 0.717) is 23.1 Å². The molecule has 3 aromatic rings. The lowest BCUT2D eigenvalue weighted by atomic mass is 10.1. The van der Waals surface area contributed by atoms with Gasteiger partial charge in [-0.1, -0.05) is 24.3 Å². The number of fused-ring (bicyclic) bond motifs is 1. The molecule has 9 heteroatoms. The van der Waals surface area contributed by atoms with E-state index >= 15 is 0 Å². The molecule has 0 spiro atoms. The number of hydrogen-bond donors (Lipinski definition) is 0. The number of aromatic nitrogens is 2. The summed E-state index contributed by atoms with van der Waals surface area (Å²) < 4.78 is 28.8. The van der Waals surface area contributed by atoms with Crippen LogP contribution < -0.4 is 5.11 Å². The average molecular weight is 461 g/mol. The molecule has 4 rings (SSSR count).